The highest BCUT2D eigenvalue weighted by Crippen LogP contribution is 2.45. The molecular weight excluding hydrogens is 472 g/mol. The molecule has 1 N–H and O–H groups in total. The minimum atomic E-state index is -1.30. The van der Waals surface area contributed by atoms with E-state index < -0.39 is 11.4 Å². The van der Waals surface area contributed by atoms with Crippen molar-refractivity contribution < 1.29 is 19.5 Å². The van der Waals surface area contributed by atoms with Crippen LogP contribution in [0.25, 0.3) is 0 Å². The first-order valence-corrected chi connectivity index (χ1v) is 8.13. The predicted molar refractivity (Wildman–Crippen MR) is 89.4 cm³/mol. The fourth-order valence-corrected chi connectivity index (χ4v) is 5.19. The van der Waals surface area contributed by atoms with Crippen LogP contribution < -0.4 is 0 Å². The summed E-state index contributed by atoms with van der Waals surface area (Å²) in [6.45, 7) is 3.57. The molecule has 0 spiro atoms. The molecule has 0 aliphatic carbocycles. The van der Waals surface area contributed by atoms with Gasteiger partial charge >= 0.3 is 5.97 Å². The van der Waals surface area contributed by atoms with Gasteiger partial charge < -0.3 is 14.7 Å². The molecule has 0 radical (unpaired) electrons. The zero-order chi connectivity index (χ0) is 16.2. The molecule has 0 saturated heterocycles. The molecule has 7 heteroatoms. The first-order chi connectivity index (χ1) is 9.80. The van der Waals surface area contributed by atoms with Crippen molar-refractivity contribution in [1.29, 1.82) is 0 Å². The summed E-state index contributed by atoms with van der Waals surface area (Å²) in [5, 5.41) is 9.30. The minimum absolute atomic E-state index is 0.157. The molecule has 0 unspecified atom stereocenters. The van der Waals surface area contributed by atoms with E-state index in [-0.39, 0.29) is 18.4 Å². The van der Waals surface area contributed by atoms with E-state index in [1.54, 1.807) is 12.1 Å². The lowest BCUT2D eigenvalue weighted by atomic mass is 9.70. The molecule has 0 saturated carbocycles. The van der Waals surface area contributed by atoms with Gasteiger partial charge in [-0.15, -0.1) is 0 Å². The van der Waals surface area contributed by atoms with Gasteiger partial charge in [-0.25, -0.2) is 4.79 Å². The van der Waals surface area contributed by atoms with Crippen LogP contribution >= 0.6 is 47.8 Å². The zero-order valence-corrected chi connectivity index (χ0v) is 15.5. The Labute approximate surface area is 147 Å². The summed E-state index contributed by atoms with van der Waals surface area (Å²) in [6.07, 6.45) is 0.877. The molecule has 0 aliphatic heterocycles. The van der Waals surface area contributed by atoms with Crippen molar-refractivity contribution in [3.8, 4) is 0 Å². The fraction of sp³-hybridized carbons (Fsp3) is 0.214. The van der Waals surface area contributed by atoms with Crippen molar-refractivity contribution in [3.63, 3.8) is 0 Å². The first kappa shape index (κ1) is 18.3. The van der Waals surface area contributed by atoms with Crippen LogP contribution in [0.15, 0.2) is 37.7 Å². The predicted octanol–water partition coefficient (Wildman–Crippen LogP) is 4.03. The van der Waals surface area contributed by atoms with Crippen LogP contribution in [0.4, 0.5) is 0 Å². The Morgan fingerprint density at radius 3 is 1.90 bits per heavy atom. The lowest BCUT2D eigenvalue weighted by Crippen LogP contribution is -2.34. The summed E-state index contributed by atoms with van der Waals surface area (Å²) >= 11 is 10.1. The number of halogens is 3. The van der Waals surface area contributed by atoms with E-state index in [4.69, 9.17) is 0 Å². The standard InChI is InChI=1S/C14H11Br3O4/c1-8(13(20)21)14(2-4-18,3-5-19)12-10(16)6-9(15)7-11(12)17/h4-7H,1-3H2,(H,20,21). The van der Waals surface area contributed by atoms with Gasteiger partial charge in [0, 0.05) is 37.2 Å². The van der Waals surface area contributed by atoms with Crippen molar-refractivity contribution in [2.45, 2.75) is 18.3 Å². The van der Waals surface area contributed by atoms with Gasteiger partial charge in [0.15, 0.2) is 0 Å². The maximum Gasteiger partial charge on any atom is 0.331 e. The van der Waals surface area contributed by atoms with Gasteiger partial charge in [-0.1, -0.05) is 54.4 Å². The minimum Gasteiger partial charge on any atom is -0.478 e. The van der Waals surface area contributed by atoms with E-state index in [1.165, 1.54) is 0 Å². The largest absolute Gasteiger partial charge is 0.478 e. The summed E-state index contributed by atoms with van der Waals surface area (Å²) in [7, 11) is 0. The average molecular weight is 483 g/mol. The molecule has 21 heavy (non-hydrogen) atoms. The van der Waals surface area contributed by atoms with Crippen LogP contribution in [0.1, 0.15) is 18.4 Å². The van der Waals surface area contributed by atoms with Gasteiger partial charge in [0.25, 0.3) is 0 Å². The van der Waals surface area contributed by atoms with E-state index in [2.05, 4.69) is 54.4 Å². The third-order valence-electron chi connectivity index (χ3n) is 3.18. The first-order valence-electron chi connectivity index (χ1n) is 5.75. The Hall–Kier alpha value is -0.790. The molecule has 0 atom stereocenters. The van der Waals surface area contributed by atoms with Crippen molar-refractivity contribution in [3.05, 3.63) is 43.3 Å². The molecule has 0 heterocycles. The number of rotatable bonds is 7. The van der Waals surface area contributed by atoms with Gasteiger partial charge in [-0.05, 0) is 17.7 Å². The SMILES string of the molecule is C=C(C(=O)O)C(CC=O)(CC=O)c1c(Br)cc(Br)cc1Br. The van der Waals surface area contributed by atoms with Gasteiger partial charge in [0.2, 0.25) is 0 Å². The highest BCUT2D eigenvalue weighted by Gasteiger charge is 2.41. The number of carboxylic acid groups (broad SMARTS) is 1. The Morgan fingerprint density at radius 1 is 1.14 bits per heavy atom. The number of aliphatic carboxylic acids is 1. The molecule has 1 aromatic rings. The molecule has 0 amide bonds. The van der Waals surface area contributed by atoms with Gasteiger partial charge in [-0.2, -0.15) is 0 Å². The topological polar surface area (TPSA) is 71.4 Å². The highest BCUT2D eigenvalue weighted by molar-refractivity contribution is 9.11. The zero-order valence-electron chi connectivity index (χ0n) is 10.7. The maximum atomic E-state index is 11.4. The van der Waals surface area contributed by atoms with Crippen LogP contribution in [-0.4, -0.2) is 23.6 Å². The summed E-state index contributed by atoms with van der Waals surface area (Å²) in [5.41, 5.74) is -0.990. The van der Waals surface area contributed by atoms with E-state index in [1.807, 2.05) is 0 Å². The number of hydrogen-bond acceptors (Lipinski definition) is 3. The molecule has 112 valence electrons. The van der Waals surface area contributed by atoms with Gasteiger partial charge in [0.05, 0.1) is 0 Å². The molecule has 1 rings (SSSR count). The van der Waals surface area contributed by atoms with Crippen molar-refractivity contribution >= 4 is 66.3 Å². The van der Waals surface area contributed by atoms with E-state index in [9.17, 15) is 19.5 Å². The Bertz CT molecular complexity index is 577. The molecule has 0 aliphatic rings. The number of benzene rings is 1. The van der Waals surface area contributed by atoms with Crippen molar-refractivity contribution in [1.82, 2.24) is 0 Å². The monoisotopic (exact) mass is 480 g/mol. The number of hydrogen-bond donors (Lipinski definition) is 1. The highest BCUT2D eigenvalue weighted by atomic mass is 79.9. The van der Waals surface area contributed by atoms with E-state index in [0.29, 0.717) is 27.1 Å². The van der Waals surface area contributed by atoms with Crippen LogP contribution in [0.3, 0.4) is 0 Å². The Kier molecular flexibility index (Phi) is 6.49. The lowest BCUT2D eigenvalue weighted by molar-refractivity contribution is -0.133. The summed E-state index contributed by atoms with van der Waals surface area (Å²) < 4.78 is 1.92. The van der Waals surface area contributed by atoms with Gasteiger partial charge in [-0.3, -0.25) is 0 Å². The Morgan fingerprint density at radius 2 is 1.57 bits per heavy atom. The number of carbonyl (C=O) groups is 3. The number of carboxylic acids is 1. The van der Waals surface area contributed by atoms with Crippen LogP contribution in [0.2, 0.25) is 0 Å². The summed E-state index contributed by atoms with van der Waals surface area (Å²) in [5.74, 6) is -1.25. The second kappa shape index (κ2) is 7.47. The molecule has 4 nitrogen and oxygen atoms in total. The molecule has 0 aromatic heterocycles. The third-order valence-corrected chi connectivity index (χ3v) is 4.89. The lowest BCUT2D eigenvalue weighted by Gasteiger charge is -2.33. The Balaban J connectivity index is 3.71. The van der Waals surface area contributed by atoms with E-state index in [0.717, 1.165) is 4.47 Å². The quantitative estimate of drug-likeness (QED) is 0.470. The summed E-state index contributed by atoms with van der Waals surface area (Å²) in [6, 6.07) is 3.44. The van der Waals surface area contributed by atoms with Crippen LogP contribution in [0.5, 0.6) is 0 Å². The normalized spacial score (nSPS) is 11.0. The van der Waals surface area contributed by atoms with Crippen molar-refractivity contribution in [2.75, 3.05) is 0 Å². The average Bonchev–Trinajstić information content (AvgIpc) is 2.36. The van der Waals surface area contributed by atoms with Crippen LogP contribution in [-0.2, 0) is 19.8 Å². The third kappa shape index (κ3) is 3.70. The second-order valence-electron chi connectivity index (χ2n) is 4.35. The molecule has 0 fully saturated rings. The number of aldehydes is 2. The number of carbonyl (C=O) groups excluding carboxylic acids is 2. The fourth-order valence-electron chi connectivity index (χ4n) is 2.17. The summed E-state index contributed by atoms with van der Waals surface area (Å²) in [4.78, 5) is 33.6. The smallest absolute Gasteiger partial charge is 0.331 e. The molecular formula is C14H11Br3O4. The molecule has 1 aromatic carbocycles. The van der Waals surface area contributed by atoms with Gasteiger partial charge in [0.1, 0.15) is 12.6 Å². The second-order valence-corrected chi connectivity index (χ2v) is 6.98. The maximum absolute atomic E-state index is 11.4. The molecule has 0 bridgehead atoms. The van der Waals surface area contributed by atoms with E-state index >= 15 is 0 Å². The van der Waals surface area contributed by atoms with Crippen molar-refractivity contribution in [2.24, 2.45) is 0 Å². The van der Waals surface area contributed by atoms with Crippen LogP contribution in [0, 0.1) is 0 Å².